The Morgan fingerprint density at radius 3 is 2.86 bits per heavy atom. The molecule has 22 heavy (non-hydrogen) atoms. The second-order valence-corrected chi connectivity index (χ2v) is 5.79. The van der Waals surface area contributed by atoms with Gasteiger partial charge >= 0.3 is 0 Å². The molecule has 0 radical (unpaired) electrons. The number of aromatic nitrogens is 2. The van der Waals surface area contributed by atoms with E-state index in [4.69, 9.17) is 11.6 Å². The molecule has 3 aromatic rings. The average molecular weight is 315 g/mol. The third kappa shape index (κ3) is 2.83. The van der Waals surface area contributed by atoms with E-state index in [-0.39, 0.29) is 12.5 Å². The maximum atomic E-state index is 12.3. The SMILES string of the molecule is Cc1ccc(Cl)cc1NC(=O)Cn1c[n+](C)c2ccccc21. The lowest BCUT2D eigenvalue weighted by Gasteiger charge is -2.07. The molecule has 0 atom stereocenters. The van der Waals surface area contributed by atoms with Gasteiger partial charge in [0.1, 0.15) is 0 Å². The second-order valence-electron chi connectivity index (χ2n) is 5.35. The van der Waals surface area contributed by atoms with E-state index in [2.05, 4.69) is 5.32 Å². The summed E-state index contributed by atoms with van der Waals surface area (Å²) in [5, 5.41) is 3.53. The number of carbonyl (C=O) groups is 1. The van der Waals surface area contributed by atoms with Gasteiger partial charge in [-0.25, -0.2) is 9.13 Å². The van der Waals surface area contributed by atoms with Gasteiger partial charge < -0.3 is 5.32 Å². The van der Waals surface area contributed by atoms with Crippen LogP contribution >= 0.6 is 11.6 Å². The molecule has 1 N–H and O–H groups in total. The predicted octanol–water partition coefficient (Wildman–Crippen LogP) is 3.07. The maximum Gasteiger partial charge on any atom is 0.266 e. The second kappa shape index (κ2) is 5.81. The van der Waals surface area contributed by atoms with Crippen LogP contribution in [0.25, 0.3) is 11.0 Å². The zero-order valence-electron chi connectivity index (χ0n) is 12.5. The van der Waals surface area contributed by atoms with Crippen molar-refractivity contribution in [2.45, 2.75) is 13.5 Å². The van der Waals surface area contributed by atoms with E-state index in [0.29, 0.717) is 5.02 Å². The van der Waals surface area contributed by atoms with Gasteiger partial charge in [0.25, 0.3) is 5.91 Å². The fourth-order valence-corrected chi connectivity index (χ4v) is 2.71. The molecule has 5 heteroatoms. The van der Waals surface area contributed by atoms with Crippen molar-refractivity contribution in [1.29, 1.82) is 0 Å². The summed E-state index contributed by atoms with van der Waals surface area (Å²) >= 11 is 5.98. The Bertz CT molecular complexity index is 854. The molecule has 3 rings (SSSR count). The van der Waals surface area contributed by atoms with E-state index in [1.54, 1.807) is 6.07 Å². The number of amides is 1. The monoisotopic (exact) mass is 314 g/mol. The molecule has 1 amide bonds. The summed E-state index contributed by atoms with van der Waals surface area (Å²) in [5.74, 6) is -0.0771. The largest absolute Gasteiger partial charge is 0.322 e. The minimum absolute atomic E-state index is 0.0771. The Hall–Kier alpha value is -2.33. The fourth-order valence-electron chi connectivity index (χ4n) is 2.54. The molecule has 0 bridgehead atoms. The predicted molar refractivity (Wildman–Crippen MR) is 87.9 cm³/mol. The van der Waals surface area contributed by atoms with Gasteiger partial charge in [0.2, 0.25) is 6.33 Å². The molecule has 0 aliphatic heterocycles. The maximum absolute atomic E-state index is 12.3. The lowest BCUT2D eigenvalue weighted by molar-refractivity contribution is -0.645. The normalized spacial score (nSPS) is 10.9. The number of para-hydroxylation sites is 2. The summed E-state index contributed by atoms with van der Waals surface area (Å²) in [6.07, 6.45) is 1.93. The molecule has 0 spiro atoms. The van der Waals surface area contributed by atoms with Crippen molar-refractivity contribution in [1.82, 2.24) is 4.57 Å². The first-order chi connectivity index (χ1) is 10.5. The molecular formula is C17H17ClN3O+. The van der Waals surface area contributed by atoms with Crippen LogP contribution in [0.1, 0.15) is 5.56 Å². The first-order valence-electron chi connectivity index (χ1n) is 7.04. The molecule has 0 fully saturated rings. The summed E-state index contributed by atoms with van der Waals surface area (Å²) in [6.45, 7) is 2.20. The highest BCUT2D eigenvalue weighted by molar-refractivity contribution is 6.31. The number of rotatable bonds is 3. The van der Waals surface area contributed by atoms with Crippen LogP contribution in [0, 0.1) is 6.92 Å². The number of benzene rings is 2. The van der Waals surface area contributed by atoms with E-state index < -0.39 is 0 Å². The Morgan fingerprint density at radius 2 is 2.05 bits per heavy atom. The molecule has 0 aliphatic rings. The topological polar surface area (TPSA) is 37.9 Å². The Labute approximate surface area is 133 Å². The highest BCUT2D eigenvalue weighted by Gasteiger charge is 2.16. The first kappa shape index (κ1) is 14.6. The van der Waals surface area contributed by atoms with E-state index >= 15 is 0 Å². The van der Waals surface area contributed by atoms with Crippen molar-refractivity contribution in [3.05, 3.63) is 59.4 Å². The van der Waals surface area contributed by atoms with Gasteiger partial charge in [-0.05, 0) is 36.8 Å². The highest BCUT2D eigenvalue weighted by atomic mass is 35.5. The Balaban J connectivity index is 1.83. The molecule has 2 aromatic carbocycles. The molecular weight excluding hydrogens is 298 g/mol. The first-order valence-corrected chi connectivity index (χ1v) is 7.42. The van der Waals surface area contributed by atoms with Crippen LogP contribution < -0.4 is 9.88 Å². The van der Waals surface area contributed by atoms with Gasteiger partial charge in [0.05, 0.1) is 7.05 Å². The van der Waals surface area contributed by atoms with Gasteiger partial charge in [-0.1, -0.05) is 29.8 Å². The Morgan fingerprint density at radius 1 is 1.27 bits per heavy atom. The van der Waals surface area contributed by atoms with Crippen LogP contribution in [0.3, 0.4) is 0 Å². The zero-order valence-corrected chi connectivity index (χ0v) is 13.3. The van der Waals surface area contributed by atoms with Gasteiger partial charge in [0, 0.05) is 10.7 Å². The summed E-state index contributed by atoms with van der Waals surface area (Å²) in [5.41, 5.74) is 3.86. The van der Waals surface area contributed by atoms with Crippen molar-refractivity contribution >= 4 is 34.2 Å². The van der Waals surface area contributed by atoms with Crippen LogP contribution in [0.15, 0.2) is 48.8 Å². The smallest absolute Gasteiger partial charge is 0.266 e. The number of imidazole rings is 1. The van der Waals surface area contributed by atoms with Crippen LogP contribution in [-0.2, 0) is 18.4 Å². The summed E-state index contributed by atoms with van der Waals surface area (Å²) in [6, 6.07) is 13.5. The average Bonchev–Trinajstić information content (AvgIpc) is 2.80. The fraction of sp³-hybridized carbons (Fsp3) is 0.176. The van der Waals surface area contributed by atoms with Crippen LogP contribution in [0.2, 0.25) is 5.02 Å². The third-order valence-corrected chi connectivity index (χ3v) is 3.91. The summed E-state index contributed by atoms with van der Waals surface area (Å²) in [7, 11) is 1.97. The number of nitrogens with zero attached hydrogens (tertiary/aromatic N) is 2. The van der Waals surface area contributed by atoms with E-state index in [0.717, 1.165) is 22.3 Å². The number of nitrogens with one attached hydrogen (secondary N) is 1. The van der Waals surface area contributed by atoms with Crippen molar-refractivity contribution in [3.63, 3.8) is 0 Å². The number of aryl methyl sites for hydroxylation is 2. The minimum Gasteiger partial charge on any atom is -0.322 e. The van der Waals surface area contributed by atoms with Crippen LogP contribution in [0.5, 0.6) is 0 Å². The van der Waals surface area contributed by atoms with Crippen LogP contribution in [-0.4, -0.2) is 10.5 Å². The lowest BCUT2D eigenvalue weighted by atomic mass is 10.2. The standard InChI is InChI=1S/C17H16ClN3O/c1-12-7-8-13(18)9-14(12)19-17(22)10-21-11-20(2)15-5-3-4-6-16(15)21/h3-9,11H,10H2,1-2H3/p+1. The van der Waals surface area contributed by atoms with Crippen LogP contribution in [0.4, 0.5) is 5.69 Å². The molecule has 1 heterocycles. The van der Waals surface area contributed by atoms with Gasteiger partial charge in [-0.15, -0.1) is 0 Å². The highest BCUT2D eigenvalue weighted by Crippen LogP contribution is 2.20. The van der Waals surface area contributed by atoms with Crippen molar-refractivity contribution in [3.8, 4) is 0 Å². The number of anilines is 1. The van der Waals surface area contributed by atoms with Crippen molar-refractivity contribution in [2.24, 2.45) is 7.05 Å². The van der Waals surface area contributed by atoms with E-state index in [1.165, 1.54) is 0 Å². The van der Waals surface area contributed by atoms with Crippen molar-refractivity contribution < 1.29 is 9.36 Å². The number of halogens is 1. The molecule has 4 nitrogen and oxygen atoms in total. The molecule has 0 saturated carbocycles. The molecule has 0 saturated heterocycles. The van der Waals surface area contributed by atoms with E-state index in [9.17, 15) is 4.79 Å². The van der Waals surface area contributed by atoms with Gasteiger partial charge in [-0.2, -0.15) is 0 Å². The Kier molecular flexibility index (Phi) is 3.86. The number of hydrogen-bond acceptors (Lipinski definition) is 1. The molecule has 112 valence electrons. The molecule has 0 unspecified atom stereocenters. The van der Waals surface area contributed by atoms with E-state index in [1.807, 2.05) is 65.8 Å². The summed E-state index contributed by atoms with van der Waals surface area (Å²) < 4.78 is 3.94. The number of carbonyl (C=O) groups excluding carboxylic acids is 1. The zero-order chi connectivity index (χ0) is 15.7. The quantitative estimate of drug-likeness (QED) is 0.741. The lowest BCUT2D eigenvalue weighted by Crippen LogP contribution is -2.26. The summed E-state index contributed by atoms with van der Waals surface area (Å²) in [4.78, 5) is 12.3. The third-order valence-electron chi connectivity index (χ3n) is 3.67. The van der Waals surface area contributed by atoms with Gasteiger partial charge in [-0.3, -0.25) is 4.79 Å². The number of hydrogen-bond donors (Lipinski definition) is 1. The minimum atomic E-state index is -0.0771. The molecule has 0 aliphatic carbocycles. The van der Waals surface area contributed by atoms with Gasteiger partial charge in [0.15, 0.2) is 17.6 Å². The number of fused-ring (bicyclic) bond motifs is 1. The van der Waals surface area contributed by atoms with Crippen molar-refractivity contribution in [2.75, 3.05) is 5.32 Å². The molecule has 1 aromatic heterocycles.